The van der Waals surface area contributed by atoms with Crippen LogP contribution in [0.25, 0.3) is 0 Å². The van der Waals surface area contributed by atoms with Crippen LogP contribution in [0.3, 0.4) is 0 Å². The van der Waals surface area contributed by atoms with Gasteiger partial charge in [-0.3, -0.25) is 19.0 Å². The van der Waals surface area contributed by atoms with E-state index >= 15 is 0 Å². The van der Waals surface area contributed by atoms with Crippen LogP contribution in [-0.2, 0) is 20.0 Å². The van der Waals surface area contributed by atoms with E-state index < -0.39 is 31.9 Å². The third-order valence-electron chi connectivity index (χ3n) is 7.09. The lowest BCUT2D eigenvalue weighted by Gasteiger charge is -2.13. The number of nitrogens with one attached hydrogen (secondary N) is 2. The molecular formula is C26H18N10O6S4. The maximum Gasteiger partial charge on any atom is 0.281 e. The van der Waals surface area contributed by atoms with Crippen LogP contribution in [-0.4, -0.2) is 49.0 Å². The third kappa shape index (κ3) is 4.87. The van der Waals surface area contributed by atoms with Gasteiger partial charge in [-0.2, -0.15) is 20.2 Å². The van der Waals surface area contributed by atoms with E-state index in [1.165, 1.54) is 59.6 Å². The Labute approximate surface area is 267 Å². The van der Waals surface area contributed by atoms with Crippen LogP contribution in [0.1, 0.15) is 31.8 Å². The van der Waals surface area contributed by atoms with Gasteiger partial charge in [-0.05, 0) is 73.5 Å². The van der Waals surface area contributed by atoms with Crippen LogP contribution in [0.2, 0.25) is 0 Å². The minimum atomic E-state index is -3.93. The molecule has 2 amide bonds. The molecule has 0 unspecified atom stereocenters. The van der Waals surface area contributed by atoms with Gasteiger partial charge in [-0.25, -0.2) is 16.8 Å². The Kier molecular flexibility index (Phi) is 6.88. The van der Waals surface area contributed by atoms with E-state index in [-0.39, 0.29) is 31.2 Å². The van der Waals surface area contributed by atoms with Gasteiger partial charge in [-0.15, -0.1) is 20.4 Å². The number of carbonyl (C=O) groups excluding carboxylic acids is 2. The second kappa shape index (κ2) is 10.7. The summed E-state index contributed by atoms with van der Waals surface area (Å²) in [6.45, 7) is 3.33. The fourth-order valence-corrected chi connectivity index (χ4v) is 8.29. The Balaban J connectivity index is 1.17. The summed E-state index contributed by atoms with van der Waals surface area (Å²) in [5, 5.41) is 26.7. The number of hydrogen-bond acceptors (Lipinski definition) is 14. The van der Waals surface area contributed by atoms with Gasteiger partial charge in [0.05, 0.1) is 32.3 Å². The molecule has 0 saturated heterocycles. The van der Waals surface area contributed by atoms with Crippen molar-refractivity contribution in [2.75, 3.05) is 19.5 Å². The number of aromatic nitrogens is 4. The first-order valence-electron chi connectivity index (χ1n) is 13.0. The third-order valence-corrected chi connectivity index (χ3v) is 11.3. The molecule has 0 bridgehead atoms. The minimum Gasteiger partial charge on any atom is -0.267 e. The highest BCUT2D eigenvalue weighted by atomic mass is 32.2. The van der Waals surface area contributed by atoms with Gasteiger partial charge in [-0.1, -0.05) is 22.7 Å². The summed E-state index contributed by atoms with van der Waals surface area (Å²) < 4.78 is 55.5. The minimum absolute atomic E-state index is 0.0508. The van der Waals surface area contributed by atoms with E-state index in [2.05, 4.69) is 40.0 Å². The van der Waals surface area contributed by atoms with Gasteiger partial charge in [0.1, 0.15) is 21.7 Å². The zero-order chi connectivity index (χ0) is 32.4. The van der Waals surface area contributed by atoms with Crippen molar-refractivity contribution in [3.05, 3.63) is 92.5 Å². The van der Waals surface area contributed by atoms with Crippen LogP contribution in [0.4, 0.5) is 21.6 Å². The monoisotopic (exact) mass is 694 g/mol. The Morgan fingerprint density at radius 2 is 0.978 bits per heavy atom. The van der Waals surface area contributed by atoms with Crippen LogP contribution in [0.5, 0.6) is 0 Å². The van der Waals surface area contributed by atoms with Crippen molar-refractivity contribution in [2.24, 2.45) is 10.2 Å². The number of rotatable bonds is 8. The summed E-state index contributed by atoms with van der Waals surface area (Å²) in [7, 11) is -7.87. The summed E-state index contributed by atoms with van der Waals surface area (Å²) in [5.41, 5.74) is 4.80. The SMILES string of the molecule is Cc1c2c(c(C)c3c1=NN(c1ccc(S(=O)(=O)Nc4nncs4)cc1)C3=O)=NN(c1ccc(S(=O)(=O)Nc3nncs3)cc1)C2=O. The largest absolute Gasteiger partial charge is 0.281 e. The summed E-state index contributed by atoms with van der Waals surface area (Å²) in [5.74, 6) is -0.945. The molecule has 0 atom stereocenters. The van der Waals surface area contributed by atoms with Crippen molar-refractivity contribution in [2.45, 2.75) is 23.6 Å². The van der Waals surface area contributed by atoms with Crippen LogP contribution >= 0.6 is 22.7 Å². The van der Waals surface area contributed by atoms with Crippen molar-refractivity contribution < 1.29 is 26.4 Å². The van der Waals surface area contributed by atoms with Crippen LogP contribution in [0, 0.1) is 13.8 Å². The number of amides is 2. The summed E-state index contributed by atoms with van der Waals surface area (Å²) in [6, 6.07) is 11.1. The average Bonchev–Trinajstić information content (AvgIpc) is 3.84. The highest BCUT2D eigenvalue weighted by molar-refractivity contribution is 7.93. The van der Waals surface area contributed by atoms with Gasteiger partial charge >= 0.3 is 0 Å². The quantitative estimate of drug-likeness (QED) is 0.241. The fraction of sp³-hybridized carbons (Fsp3) is 0.0769. The van der Waals surface area contributed by atoms with Crippen molar-refractivity contribution in [1.29, 1.82) is 0 Å². The molecule has 20 heteroatoms. The topological polar surface area (TPSA) is 209 Å². The zero-order valence-corrected chi connectivity index (χ0v) is 26.7. The van der Waals surface area contributed by atoms with E-state index in [9.17, 15) is 26.4 Å². The Morgan fingerprint density at radius 1 is 0.609 bits per heavy atom. The molecule has 0 radical (unpaired) electrons. The number of hydrogen-bond donors (Lipinski definition) is 2. The van der Waals surface area contributed by atoms with Crippen LogP contribution in [0.15, 0.2) is 79.5 Å². The zero-order valence-electron chi connectivity index (χ0n) is 23.4. The summed E-state index contributed by atoms with van der Waals surface area (Å²) in [4.78, 5) is 27.1. The highest BCUT2D eigenvalue weighted by Crippen LogP contribution is 2.28. The van der Waals surface area contributed by atoms with E-state index in [1.54, 1.807) is 13.8 Å². The predicted molar refractivity (Wildman–Crippen MR) is 166 cm³/mol. The van der Waals surface area contributed by atoms with Crippen LogP contribution < -0.4 is 30.2 Å². The van der Waals surface area contributed by atoms with E-state index in [0.29, 0.717) is 33.2 Å². The number of nitrogens with zero attached hydrogens (tertiary/aromatic N) is 8. The molecule has 0 spiro atoms. The molecule has 5 aromatic rings. The fourth-order valence-electron chi connectivity index (χ4n) is 4.91. The molecule has 2 aliphatic heterocycles. The number of anilines is 4. The van der Waals surface area contributed by atoms with Gasteiger partial charge in [0.15, 0.2) is 0 Å². The van der Waals surface area contributed by atoms with Gasteiger partial charge in [0, 0.05) is 0 Å². The summed E-state index contributed by atoms with van der Waals surface area (Å²) in [6.07, 6.45) is 0. The highest BCUT2D eigenvalue weighted by Gasteiger charge is 2.36. The lowest BCUT2D eigenvalue weighted by atomic mass is 9.97. The molecule has 7 rings (SSSR count). The smallest absolute Gasteiger partial charge is 0.267 e. The molecule has 2 N–H and O–H groups in total. The van der Waals surface area contributed by atoms with Gasteiger partial charge < -0.3 is 0 Å². The second-order valence-corrected chi connectivity index (χ2v) is 14.8. The van der Waals surface area contributed by atoms with Crippen molar-refractivity contribution in [3.63, 3.8) is 0 Å². The molecule has 0 fully saturated rings. The lowest BCUT2D eigenvalue weighted by Crippen LogP contribution is -2.29. The molecule has 4 heterocycles. The molecule has 0 saturated carbocycles. The first-order chi connectivity index (χ1) is 21.9. The predicted octanol–water partition coefficient (Wildman–Crippen LogP) is 2.00. The number of benzene rings is 3. The standard InChI is InChI=1S/C26H18N10O6S4/c1-13-19-22(32-35(23(19)37)15-3-7-17(8-4-15)45(39,40)33-25-29-27-11-43-25)14(2)20-21(13)31-36(24(20)38)16-5-9-18(10-6-16)46(41,42)34-26-30-28-12-44-26/h3-12H,1-2H3,(H,29,33)(H,30,34). The second-order valence-electron chi connectivity index (χ2n) is 9.82. The molecule has 3 aromatic carbocycles. The van der Waals surface area contributed by atoms with Crippen molar-refractivity contribution in [1.82, 2.24) is 20.4 Å². The molecule has 232 valence electrons. The van der Waals surface area contributed by atoms with Crippen molar-refractivity contribution in [3.8, 4) is 0 Å². The molecular weight excluding hydrogens is 677 g/mol. The lowest BCUT2D eigenvalue weighted by molar-refractivity contribution is 0.0984. The van der Waals surface area contributed by atoms with Gasteiger partial charge in [0.2, 0.25) is 10.3 Å². The first kappa shape index (κ1) is 29.5. The molecule has 46 heavy (non-hydrogen) atoms. The maximum atomic E-state index is 13.6. The molecule has 2 aromatic heterocycles. The Hall–Kier alpha value is -5.18. The summed E-state index contributed by atoms with van der Waals surface area (Å²) >= 11 is 2.06. The van der Waals surface area contributed by atoms with E-state index in [1.807, 2.05) is 0 Å². The van der Waals surface area contributed by atoms with E-state index in [0.717, 1.165) is 32.7 Å². The van der Waals surface area contributed by atoms with Crippen molar-refractivity contribution >= 4 is 76.2 Å². The Bertz CT molecular complexity index is 2230. The first-order valence-corrected chi connectivity index (χ1v) is 17.7. The normalized spacial score (nSPS) is 14.1. The Morgan fingerprint density at radius 3 is 1.30 bits per heavy atom. The number of carbonyl (C=O) groups is 2. The van der Waals surface area contributed by atoms with E-state index in [4.69, 9.17) is 0 Å². The van der Waals surface area contributed by atoms with Gasteiger partial charge in [0.25, 0.3) is 31.9 Å². The molecule has 0 aliphatic carbocycles. The molecule has 2 aliphatic rings. The average molecular weight is 695 g/mol. The maximum absolute atomic E-state index is 13.6. The number of sulfonamides is 2. The molecule has 16 nitrogen and oxygen atoms in total. The number of fused-ring (bicyclic) bond motifs is 2.